The summed E-state index contributed by atoms with van der Waals surface area (Å²) >= 11 is 0. The molecule has 4 heteroatoms. The molecule has 2 aromatic carbocycles. The Morgan fingerprint density at radius 1 is 0.875 bits per heavy atom. The SMILES string of the molecule is CC(C)(C)c1ccc(OP(=O)(O)c2ccccc2)c(C(C)(C)C)c1. The van der Waals surface area contributed by atoms with Gasteiger partial charge in [-0.1, -0.05) is 71.9 Å². The highest BCUT2D eigenvalue weighted by Gasteiger charge is 2.29. The lowest BCUT2D eigenvalue weighted by Gasteiger charge is -2.28. The van der Waals surface area contributed by atoms with E-state index in [1.165, 1.54) is 5.56 Å². The van der Waals surface area contributed by atoms with Crippen LogP contribution in [0.2, 0.25) is 0 Å². The van der Waals surface area contributed by atoms with Gasteiger partial charge in [-0.25, -0.2) is 4.57 Å². The third-order valence-electron chi connectivity index (χ3n) is 3.96. The molecule has 24 heavy (non-hydrogen) atoms. The highest BCUT2D eigenvalue weighted by molar-refractivity contribution is 7.61. The van der Waals surface area contributed by atoms with E-state index in [4.69, 9.17) is 4.52 Å². The van der Waals surface area contributed by atoms with Crippen molar-refractivity contribution >= 4 is 12.9 Å². The van der Waals surface area contributed by atoms with Gasteiger partial charge in [0.25, 0.3) is 0 Å². The minimum absolute atomic E-state index is 0.000864. The van der Waals surface area contributed by atoms with Gasteiger partial charge < -0.3 is 9.42 Å². The highest BCUT2D eigenvalue weighted by Crippen LogP contribution is 2.45. The average molecular weight is 346 g/mol. The van der Waals surface area contributed by atoms with Gasteiger partial charge in [0, 0.05) is 5.56 Å². The van der Waals surface area contributed by atoms with Crippen LogP contribution in [0.25, 0.3) is 0 Å². The molecule has 2 rings (SSSR count). The monoisotopic (exact) mass is 346 g/mol. The molecular formula is C20H27O3P. The molecule has 0 aliphatic rings. The van der Waals surface area contributed by atoms with Gasteiger partial charge in [0.15, 0.2) is 0 Å². The Morgan fingerprint density at radius 3 is 1.96 bits per heavy atom. The fourth-order valence-corrected chi connectivity index (χ4v) is 3.54. The van der Waals surface area contributed by atoms with Crippen LogP contribution in [-0.2, 0) is 15.4 Å². The van der Waals surface area contributed by atoms with Gasteiger partial charge in [-0.2, -0.15) is 0 Å². The van der Waals surface area contributed by atoms with E-state index in [9.17, 15) is 9.46 Å². The van der Waals surface area contributed by atoms with Gasteiger partial charge in [0.05, 0.1) is 5.30 Å². The molecule has 0 aromatic heterocycles. The maximum absolute atomic E-state index is 12.7. The molecule has 0 saturated carbocycles. The number of hydrogen-bond donors (Lipinski definition) is 1. The maximum atomic E-state index is 12.7. The first kappa shape index (κ1) is 18.8. The highest BCUT2D eigenvalue weighted by atomic mass is 31.2. The van der Waals surface area contributed by atoms with E-state index in [2.05, 4.69) is 47.6 Å². The lowest BCUT2D eigenvalue weighted by Crippen LogP contribution is -2.18. The molecule has 0 radical (unpaired) electrons. The van der Waals surface area contributed by atoms with E-state index in [-0.39, 0.29) is 10.8 Å². The van der Waals surface area contributed by atoms with Gasteiger partial charge in [-0.15, -0.1) is 0 Å². The molecule has 1 atom stereocenters. The molecule has 0 spiro atoms. The average Bonchev–Trinajstić information content (AvgIpc) is 2.46. The predicted octanol–water partition coefficient (Wildman–Crippen LogP) is 5.17. The fourth-order valence-electron chi connectivity index (χ4n) is 2.46. The predicted molar refractivity (Wildman–Crippen MR) is 100 cm³/mol. The van der Waals surface area contributed by atoms with Gasteiger partial charge in [-0.05, 0) is 34.6 Å². The topological polar surface area (TPSA) is 46.5 Å². The van der Waals surface area contributed by atoms with Crippen LogP contribution in [0.1, 0.15) is 52.7 Å². The second-order valence-corrected chi connectivity index (χ2v) is 9.90. The van der Waals surface area contributed by atoms with Crippen molar-refractivity contribution in [2.45, 2.75) is 52.4 Å². The minimum atomic E-state index is -3.92. The Balaban J connectivity index is 2.49. The molecule has 130 valence electrons. The lowest BCUT2D eigenvalue weighted by atomic mass is 9.80. The third kappa shape index (κ3) is 4.28. The largest absolute Gasteiger partial charge is 0.421 e. The second-order valence-electron chi connectivity index (χ2n) is 8.16. The van der Waals surface area contributed by atoms with Crippen molar-refractivity contribution in [3.8, 4) is 5.75 Å². The van der Waals surface area contributed by atoms with Crippen molar-refractivity contribution in [2.75, 3.05) is 0 Å². The molecule has 1 N–H and O–H groups in total. The standard InChI is InChI=1S/C20H27O3P/c1-19(2,3)15-12-13-18(17(14-15)20(4,5)6)23-24(21,22)16-10-8-7-9-11-16/h7-14H,1-6H3,(H,21,22). The quantitative estimate of drug-likeness (QED) is 0.780. The first-order valence-electron chi connectivity index (χ1n) is 8.14. The molecule has 0 heterocycles. The Bertz CT molecular complexity index is 753. The Labute approximate surface area is 145 Å². The molecule has 0 amide bonds. The van der Waals surface area contributed by atoms with Crippen LogP contribution in [0.15, 0.2) is 48.5 Å². The Kier molecular flexibility index (Phi) is 4.99. The van der Waals surface area contributed by atoms with Crippen LogP contribution in [0.5, 0.6) is 5.75 Å². The van der Waals surface area contributed by atoms with Crippen molar-refractivity contribution < 1.29 is 14.0 Å². The Hall–Kier alpha value is -1.57. The fraction of sp³-hybridized carbons (Fsp3) is 0.400. The first-order valence-corrected chi connectivity index (χ1v) is 9.72. The van der Waals surface area contributed by atoms with E-state index in [1.54, 1.807) is 24.3 Å². The van der Waals surface area contributed by atoms with E-state index in [1.807, 2.05) is 18.2 Å². The summed E-state index contributed by atoms with van der Waals surface area (Å²) in [7, 11) is -3.92. The van der Waals surface area contributed by atoms with Crippen molar-refractivity contribution in [3.05, 3.63) is 59.7 Å². The zero-order valence-electron chi connectivity index (χ0n) is 15.3. The molecule has 0 fully saturated rings. The number of hydrogen-bond acceptors (Lipinski definition) is 2. The maximum Gasteiger partial charge on any atom is 0.408 e. The molecule has 1 unspecified atom stereocenters. The molecule has 0 aliphatic heterocycles. The summed E-state index contributed by atoms with van der Waals surface area (Å²) in [6, 6.07) is 14.4. The molecule has 0 saturated heterocycles. The van der Waals surface area contributed by atoms with Gasteiger partial charge >= 0.3 is 7.60 Å². The smallest absolute Gasteiger partial charge is 0.408 e. The molecule has 0 bridgehead atoms. The van der Waals surface area contributed by atoms with Crippen molar-refractivity contribution in [1.29, 1.82) is 0 Å². The van der Waals surface area contributed by atoms with E-state index in [0.717, 1.165) is 5.56 Å². The van der Waals surface area contributed by atoms with Crippen LogP contribution >= 0.6 is 7.60 Å². The summed E-state index contributed by atoms with van der Waals surface area (Å²) < 4.78 is 18.3. The minimum Gasteiger partial charge on any atom is -0.421 e. The zero-order chi connectivity index (χ0) is 18.2. The lowest BCUT2D eigenvalue weighted by molar-refractivity contribution is 0.387. The molecule has 0 aliphatic carbocycles. The zero-order valence-corrected chi connectivity index (χ0v) is 16.2. The van der Waals surface area contributed by atoms with Crippen molar-refractivity contribution in [2.24, 2.45) is 0 Å². The van der Waals surface area contributed by atoms with Crippen LogP contribution in [0.3, 0.4) is 0 Å². The molecular weight excluding hydrogens is 319 g/mol. The summed E-state index contributed by atoms with van der Waals surface area (Å²) in [6.45, 7) is 12.7. The summed E-state index contributed by atoms with van der Waals surface area (Å²) in [5, 5.41) is 0.296. The molecule has 3 nitrogen and oxygen atoms in total. The molecule has 2 aromatic rings. The van der Waals surface area contributed by atoms with E-state index < -0.39 is 7.60 Å². The normalized spacial score (nSPS) is 15.0. The van der Waals surface area contributed by atoms with Crippen LogP contribution < -0.4 is 9.83 Å². The van der Waals surface area contributed by atoms with Gasteiger partial charge in [0.1, 0.15) is 5.75 Å². The van der Waals surface area contributed by atoms with E-state index in [0.29, 0.717) is 11.1 Å². The first-order chi connectivity index (χ1) is 10.9. The number of rotatable bonds is 3. The summed E-state index contributed by atoms with van der Waals surface area (Å²) in [6.07, 6.45) is 0. The van der Waals surface area contributed by atoms with E-state index >= 15 is 0 Å². The van der Waals surface area contributed by atoms with Crippen molar-refractivity contribution in [3.63, 3.8) is 0 Å². The summed E-state index contributed by atoms with van der Waals surface area (Å²) in [5.41, 5.74) is 1.90. The second kappa shape index (κ2) is 6.38. The van der Waals surface area contributed by atoms with Crippen LogP contribution in [0, 0.1) is 0 Å². The van der Waals surface area contributed by atoms with Crippen LogP contribution in [0.4, 0.5) is 0 Å². The van der Waals surface area contributed by atoms with Crippen LogP contribution in [-0.4, -0.2) is 4.89 Å². The van der Waals surface area contributed by atoms with Crippen molar-refractivity contribution in [1.82, 2.24) is 0 Å². The number of benzene rings is 2. The third-order valence-corrected chi connectivity index (χ3v) is 5.35. The summed E-state index contributed by atoms with van der Waals surface area (Å²) in [5.74, 6) is 0.463. The summed E-state index contributed by atoms with van der Waals surface area (Å²) in [4.78, 5) is 10.4. The van der Waals surface area contributed by atoms with Gasteiger partial charge in [0.2, 0.25) is 0 Å². The van der Waals surface area contributed by atoms with Gasteiger partial charge in [-0.3, -0.25) is 0 Å². The Morgan fingerprint density at radius 2 is 1.46 bits per heavy atom.